The highest BCUT2D eigenvalue weighted by Gasteiger charge is 2.14. The minimum absolute atomic E-state index is 0.191. The molecule has 0 fully saturated rings. The van der Waals surface area contributed by atoms with Crippen LogP contribution in [0, 0.1) is 0 Å². The molecule has 21 heavy (non-hydrogen) atoms. The fourth-order valence-corrected chi connectivity index (χ4v) is 2.57. The number of hydrogen-bond acceptors (Lipinski definition) is 2. The van der Waals surface area contributed by atoms with E-state index in [0.29, 0.717) is 6.54 Å². The summed E-state index contributed by atoms with van der Waals surface area (Å²) in [6.45, 7) is 8.25. The van der Waals surface area contributed by atoms with E-state index in [1.807, 2.05) is 24.8 Å². The topological polar surface area (TPSA) is 32.3 Å². The lowest BCUT2D eigenvalue weighted by molar-refractivity contribution is -0.130. The van der Waals surface area contributed by atoms with Crippen LogP contribution in [0.15, 0.2) is 30.3 Å². The summed E-state index contributed by atoms with van der Waals surface area (Å²) in [5.74, 6) is 0.191. The standard InChI is InChI=1S/C18H30N2O/c1-4-7-9-14-17(16-12-10-8-11-13-16)19-15-18(21)20(5-2)6-3/h8,10-13,17,19H,4-7,9,14-15H2,1-3H3. The van der Waals surface area contributed by atoms with E-state index in [1.165, 1.54) is 24.8 Å². The Morgan fingerprint density at radius 3 is 2.33 bits per heavy atom. The Labute approximate surface area is 129 Å². The predicted molar refractivity (Wildman–Crippen MR) is 89.3 cm³/mol. The molecule has 0 saturated carbocycles. The summed E-state index contributed by atoms with van der Waals surface area (Å²) in [7, 11) is 0. The summed E-state index contributed by atoms with van der Waals surface area (Å²) in [6.07, 6.45) is 4.75. The molecule has 3 heteroatoms. The molecule has 0 bridgehead atoms. The van der Waals surface area contributed by atoms with Crippen molar-refractivity contribution in [3.63, 3.8) is 0 Å². The Kier molecular flexibility index (Phi) is 8.76. The first-order valence-corrected chi connectivity index (χ1v) is 8.28. The van der Waals surface area contributed by atoms with Gasteiger partial charge in [-0.25, -0.2) is 0 Å². The average Bonchev–Trinajstić information content (AvgIpc) is 2.52. The molecule has 0 saturated heterocycles. The molecule has 1 aromatic rings. The molecule has 1 aromatic carbocycles. The molecule has 0 aliphatic carbocycles. The van der Waals surface area contributed by atoms with Crippen LogP contribution in [0.3, 0.4) is 0 Å². The van der Waals surface area contributed by atoms with E-state index in [2.05, 4.69) is 36.5 Å². The fraction of sp³-hybridized carbons (Fsp3) is 0.611. The van der Waals surface area contributed by atoms with Crippen molar-refractivity contribution in [3.05, 3.63) is 35.9 Å². The average molecular weight is 290 g/mol. The maximum Gasteiger partial charge on any atom is 0.236 e. The molecule has 0 aromatic heterocycles. The third-order valence-corrected chi connectivity index (χ3v) is 3.91. The van der Waals surface area contributed by atoms with E-state index in [0.717, 1.165) is 19.5 Å². The SMILES string of the molecule is CCCCCC(NCC(=O)N(CC)CC)c1ccccc1. The molecule has 1 amide bonds. The lowest BCUT2D eigenvalue weighted by Crippen LogP contribution is -2.39. The van der Waals surface area contributed by atoms with Crippen molar-refractivity contribution < 1.29 is 4.79 Å². The van der Waals surface area contributed by atoms with Gasteiger partial charge < -0.3 is 10.2 Å². The van der Waals surface area contributed by atoms with Gasteiger partial charge in [-0.3, -0.25) is 4.79 Å². The van der Waals surface area contributed by atoms with Crippen LogP contribution in [0.1, 0.15) is 58.1 Å². The van der Waals surface area contributed by atoms with E-state index >= 15 is 0 Å². The van der Waals surface area contributed by atoms with Crippen molar-refractivity contribution in [2.45, 2.75) is 52.5 Å². The number of carbonyl (C=O) groups is 1. The Morgan fingerprint density at radius 2 is 1.76 bits per heavy atom. The van der Waals surface area contributed by atoms with Crippen LogP contribution in [0.5, 0.6) is 0 Å². The second-order valence-electron chi connectivity index (χ2n) is 5.41. The van der Waals surface area contributed by atoms with E-state index < -0.39 is 0 Å². The van der Waals surface area contributed by atoms with Crippen LogP contribution in [-0.2, 0) is 4.79 Å². The zero-order valence-electron chi connectivity index (χ0n) is 13.8. The van der Waals surface area contributed by atoms with Gasteiger partial charge in [-0.1, -0.05) is 56.5 Å². The highest BCUT2D eigenvalue weighted by molar-refractivity contribution is 5.78. The molecule has 0 spiro atoms. The van der Waals surface area contributed by atoms with Crippen LogP contribution in [0.2, 0.25) is 0 Å². The number of unbranched alkanes of at least 4 members (excludes halogenated alkanes) is 2. The van der Waals surface area contributed by atoms with Crippen LogP contribution in [-0.4, -0.2) is 30.4 Å². The zero-order chi connectivity index (χ0) is 15.5. The van der Waals surface area contributed by atoms with Gasteiger partial charge in [0.15, 0.2) is 0 Å². The first-order valence-electron chi connectivity index (χ1n) is 8.28. The van der Waals surface area contributed by atoms with Crippen LogP contribution >= 0.6 is 0 Å². The zero-order valence-corrected chi connectivity index (χ0v) is 13.8. The number of rotatable bonds is 10. The Bertz CT molecular complexity index is 387. The van der Waals surface area contributed by atoms with E-state index in [-0.39, 0.29) is 11.9 Å². The number of hydrogen-bond donors (Lipinski definition) is 1. The largest absolute Gasteiger partial charge is 0.342 e. The lowest BCUT2D eigenvalue weighted by atomic mass is 10.0. The molecule has 118 valence electrons. The van der Waals surface area contributed by atoms with Crippen molar-refractivity contribution in [1.82, 2.24) is 10.2 Å². The Hall–Kier alpha value is -1.35. The van der Waals surface area contributed by atoms with Crippen molar-refractivity contribution in [2.24, 2.45) is 0 Å². The van der Waals surface area contributed by atoms with Gasteiger partial charge in [0, 0.05) is 19.1 Å². The minimum atomic E-state index is 0.191. The van der Waals surface area contributed by atoms with Gasteiger partial charge in [0.2, 0.25) is 5.91 Å². The maximum atomic E-state index is 12.1. The van der Waals surface area contributed by atoms with Gasteiger partial charge in [0.05, 0.1) is 6.54 Å². The number of carbonyl (C=O) groups excluding carboxylic acids is 1. The molecule has 1 unspecified atom stereocenters. The van der Waals surface area contributed by atoms with Gasteiger partial charge in [-0.2, -0.15) is 0 Å². The van der Waals surface area contributed by atoms with Gasteiger partial charge in [0.25, 0.3) is 0 Å². The van der Waals surface area contributed by atoms with Crippen LogP contribution in [0.25, 0.3) is 0 Å². The minimum Gasteiger partial charge on any atom is -0.342 e. The fourth-order valence-electron chi connectivity index (χ4n) is 2.57. The number of nitrogens with one attached hydrogen (secondary N) is 1. The lowest BCUT2D eigenvalue weighted by Gasteiger charge is -2.23. The van der Waals surface area contributed by atoms with Crippen LogP contribution in [0.4, 0.5) is 0 Å². The van der Waals surface area contributed by atoms with Crippen molar-refractivity contribution in [3.8, 4) is 0 Å². The normalized spacial score (nSPS) is 12.1. The van der Waals surface area contributed by atoms with Gasteiger partial charge in [-0.05, 0) is 25.8 Å². The number of amides is 1. The summed E-state index contributed by atoms with van der Waals surface area (Å²) in [4.78, 5) is 14.0. The first-order chi connectivity index (χ1) is 10.2. The molecule has 0 heterocycles. The summed E-state index contributed by atoms with van der Waals surface area (Å²) in [5.41, 5.74) is 1.28. The third kappa shape index (κ3) is 6.30. The highest BCUT2D eigenvalue weighted by Crippen LogP contribution is 2.19. The highest BCUT2D eigenvalue weighted by atomic mass is 16.2. The van der Waals surface area contributed by atoms with Crippen molar-refractivity contribution in [1.29, 1.82) is 0 Å². The summed E-state index contributed by atoms with van der Waals surface area (Å²) in [5, 5.41) is 3.45. The van der Waals surface area contributed by atoms with E-state index in [4.69, 9.17) is 0 Å². The molecule has 0 radical (unpaired) electrons. The summed E-state index contributed by atoms with van der Waals surface area (Å²) < 4.78 is 0. The summed E-state index contributed by atoms with van der Waals surface area (Å²) >= 11 is 0. The molecule has 1 N–H and O–H groups in total. The second kappa shape index (κ2) is 10.4. The first kappa shape index (κ1) is 17.7. The van der Waals surface area contributed by atoms with Crippen molar-refractivity contribution in [2.75, 3.05) is 19.6 Å². The molecular weight excluding hydrogens is 260 g/mol. The molecule has 3 nitrogen and oxygen atoms in total. The van der Waals surface area contributed by atoms with E-state index in [9.17, 15) is 4.79 Å². The molecular formula is C18H30N2O. The van der Waals surface area contributed by atoms with Gasteiger partial charge in [-0.15, -0.1) is 0 Å². The van der Waals surface area contributed by atoms with Gasteiger partial charge >= 0.3 is 0 Å². The Morgan fingerprint density at radius 1 is 1.10 bits per heavy atom. The smallest absolute Gasteiger partial charge is 0.236 e. The summed E-state index contributed by atoms with van der Waals surface area (Å²) in [6, 6.07) is 10.7. The molecule has 1 atom stereocenters. The third-order valence-electron chi connectivity index (χ3n) is 3.91. The number of benzene rings is 1. The molecule has 1 rings (SSSR count). The van der Waals surface area contributed by atoms with Gasteiger partial charge in [0.1, 0.15) is 0 Å². The maximum absolute atomic E-state index is 12.1. The monoisotopic (exact) mass is 290 g/mol. The molecule has 0 aliphatic heterocycles. The molecule has 0 aliphatic rings. The predicted octanol–water partition coefficient (Wildman–Crippen LogP) is 3.77. The van der Waals surface area contributed by atoms with Crippen LogP contribution < -0.4 is 5.32 Å². The Balaban J connectivity index is 2.59. The number of likely N-dealkylation sites (N-methyl/N-ethyl adjacent to an activating group) is 1. The number of nitrogens with zero attached hydrogens (tertiary/aromatic N) is 1. The second-order valence-corrected chi connectivity index (χ2v) is 5.41. The van der Waals surface area contributed by atoms with E-state index in [1.54, 1.807) is 0 Å². The quantitative estimate of drug-likeness (QED) is 0.665. The van der Waals surface area contributed by atoms with Crippen molar-refractivity contribution >= 4 is 5.91 Å².